The molecule has 2 saturated heterocycles. The highest BCUT2D eigenvalue weighted by atomic mass is 32.2. The summed E-state index contributed by atoms with van der Waals surface area (Å²) in [5.41, 5.74) is 8.38. The molecule has 0 radical (unpaired) electrons. The number of carbonyl (C=O) groups is 1. The second-order valence-corrected chi connectivity index (χ2v) is 11.6. The van der Waals surface area contributed by atoms with Crippen LogP contribution in [0.5, 0.6) is 0 Å². The highest BCUT2D eigenvalue weighted by molar-refractivity contribution is 7.89. The lowest BCUT2D eigenvalue weighted by atomic mass is 9.85. The van der Waals surface area contributed by atoms with E-state index in [4.69, 9.17) is 5.73 Å². The lowest BCUT2D eigenvalue weighted by molar-refractivity contribution is -0.127. The number of aryl methyl sites for hydroxylation is 1. The highest BCUT2D eigenvalue weighted by Crippen LogP contribution is 2.56. The quantitative estimate of drug-likeness (QED) is 0.727. The van der Waals surface area contributed by atoms with Gasteiger partial charge >= 0.3 is 0 Å². The first-order valence-corrected chi connectivity index (χ1v) is 12.9. The Kier molecular flexibility index (Phi) is 5.48. The minimum atomic E-state index is -3.70. The van der Waals surface area contributed by atoms with Gasteiger partial charge in [-0.2, -0.15) is 4.31 Å². The Morgan fingerprint density at radius 1 is 1.12 bits per heavy atom. The maximum absolute atomic E-state index is 13.8. The molecule has 6 nitrogen and oxygen atoms in total. The van der Waals surface area contributed by atoms with Gasteiger partial charge in [0.2, 0.25) is 10.0 Å². The van der Waals surface area contributed by atoms with Gasteiger partial charge in [0.1, 0.15) is 0 Å². The van der Waals surface area contributed by atoms with E-state index in [1.807, 2.05) is 25.1 Å². The zero-order chi connectivity index (χ0) is 22.5. The monoisotopic (exact) mass is 453 g/mol. The maximum Gasteiger partial charge on any atom is 0.243 e. The number of rotatable bonds is 6. The smallest absolute Gasteiger partial charge is 0.243 e. The second-order valence-electron chi connectivity index (χ2n) is 9.74. The first-order chi connectivity index (χ1) is 15.3. The van der Waals surface area contributed by atoms with E-state index in [0.29, 0.717) is 25.9 Å². The number of carbonyl (C=O) groups excluding carboxylic acids is 1. The van der Waals surface area contributed by atoms with Crippen LogP contribution in [0, 0.1) is 18.3 Å². The van der Waals surface area contributed by atoms with Gasteiger partial charge in [-0.1, -0.05) is 48.0 Å². The van der Waals surface area contributed by atoms with Gasteiger partial charge in [0.15, 0.2) is 5.78 Å². The topological polar surface area (TPSA) is 83.7 Å². The van der Waals surface area contributed by atoms with E-state index in [2.05, 4.69) is 17.0 Å². The van der Waals surface area contributed by atoms with Crippen LogP contribution in [0.15, 0.2) is 59.5 Å². The van der Waals surface area contributed by atoms with Crippen molar-refractivity contribution in [3.8, 4) is 0 Å². The van der Waals surface area contributed by atoms with Gasteiger partial charge in [0, 0.05) is 43.6 Å². The molecule has 1 saturated carbocycles. The van der Waals surface area contributed by atoms with E-state index in [9.17, 15) is 13.2 Å². The van der Waals surface area contributed by atoms with Crippen molar-refractivity contribution in [2.45, 2.75) is 49.7 Å². The number of likely N-dealkylation sites (tertiary alicyclic amines) is 1. The fraction of sp³-hybridized carbons (Fsp3) is 0.480. The van der Waals surface area contributed by atoms with Gasteiger partial charge in [-0.05, 0) is 43.9 Å². The summed E-state index contributed by atoms with van der Waals surface area (Å²) in [5.74, 6) is -0.151. The highest BCUT2D eigenvalue weighted by Gasteiger charge is 2.64. The Balaban J connectivity index is 1.37. The van der Waals surface area contributed by atoms with Gasteiger partial charge < -0.3 is 5.73 Å². The molecule has 1 spiro atoms. The molecule has 2 aromatic carbocycles. The van der Waals surface area contributed by atoms with E-state index in [1.165, 1.54) is 9.87 Å². The summed E-state index contributed by atoms with van der Waals surface area (Å²) in [6, 6.07) is 16.6. The number of hydrogen-bond donors (Lipinski definition) is 1. The molecule has 1 aliphatic carbocycles. The standard InChI is InChI=1S/C25H31N3O3S/c1-18-9-11-20(12-10-18)32(30,31)28-13-5-8-22(28)24(29)21-16-27(17-25(21)14-23(25)26)15-19-6-3-2-4-7-19/h2-4,6-7,9-12,21-23H,5,8,13-17,26H2,1H3/t21?,22-,23?,25?/m1/s1. The normalized spacial score (nSPS) is 30.8. The van der Waals surface area contributed by atoms with Crippen molar-refractivity contribution < 1.29 is 13.2 Å². The Morgan fingerprint density at radius 3 is 2.47 bits per heavy atom. The lowest BCUT2D eigenvalue weighted by Crippen LogP contribution is -2.45. The fourth-order valence-corrected chi connectivity index (χ4v) is 7.35. The molecule has 0 amide bonds. The van der Waals surface area contributed by atoms with Crippen molar-refractivity contribution in [1.29, 1.82) is 0 Å². The molecule has 5 rings (SSSR count). The Morgan fingerprint density at radius 2 is 1.81 bits per heavy atom. The average Bonchev–Trinajstić information content (AvgIpc) is 3.13. The van der Waals surface area contributed by atoms with Crippen molar-refractivity contribution in [2.75, 3.05) is 19.6 Å². The van der Waals surface area contributed by atoms with E-state index in [1.54, 1.807) is 24.3 Å². The number of hydrogen-bond acceptors (Lipinski definition) is 5. The molecule has 3 fully saturated rings. The first-order valence-electron chi connectivity index (χ1n) is 11.5. The van der Waals surface area contributed by atoms with Crippen LogP contribution in [0.3, 0.4) is 0 Å². The molecular formula is C25H31N3O3S. The number of nitrogens with zero attached hydrogens (tertiary/aromatic N) is 2. The van der Waals surface area contributed by atoms with Crippen molar-refractivity contribution in [2.24, 2.45) is 17.1 Å². The van der Waals surface area contributed by atoms with Crippen LogP contribution in [0.4, 0.5) is 0 Å². The minimum Gasteiger partial charge on any atom is -0.327 e. The van der Waals surface area contributed by atoms with Crippen LogP contribution in [-0.4, -0.2) is 55.1 Å². The Bertz CT molecular complexity index is 1100. The molecule has 2 aromatic rings. The summed E-state index contributed by atoms with van der Waals surface area (Å²) in [4.78, 5) is 16.4. The summed E-state index contributed by atoms with van der Waals surface area (Å²) >= 11 is 0. The van der Waals surface area contributed by atoms with Crippen molar-refractivity contribution in [3.63, 3.8) is 0 Å². The molecule has 3 aliphatic rings. The molecule has 32 heavy (non-hydrogen) atoms. The van der Waals surface area contributed by atoms with Crippen LogP contribution in [-0.2, 0) is 21.4 Å². The van der Waals surface area contributed by atoms with Gasteiger partial charge in [-0.15, -0.1) is 0 Å². The number of ketones is 1. The number of sulfonamides is 1. The van der Waals surface area contributed by atoms with Crippen LogP contribution >= 0.6 is 0 Å². The molecule has 2 heterocycles. The second kappa shape index (κ2) is 8.06. The zero-order valence-electron chi connectivity index (χ0n) is 18.5. The molecule has 170 valence electrons. The third-order valence-corrected chi connectivity index (χ3v) is 9.51. The first kappa shape index (κ1) is 21.8. The van der Waals surface area contributed by atoms with Gasteiger partial charge in [0.05, 0.1) is 10.9 Å². The summed E-state index contributed by atoms with van der Waals surface area (Å²) in [5, 5.41) is 0. The number of Topliss-reactive ketones (excluding diaryl/α,β-unsaturated/α-hetero) is 1. The third kappa shape index (κ3) is 3.71. The maximum atomic E-state index is 13.8. The molecule has 2 N–H and O–H groups in total. The molecule has 0 bridgehead atoms. The van der Waals surface area contributed by atoms with E-state index >= 15 is 0 Å². The average molecular weight is 454 g/mol. The fourth-order valence-electron chi connectivity index (χ4n) is 5.69. The summed E-state index contributed by atoms with van der Waals surface area (Å²) < 4.78 is 28.2. The molecule has 7 heteroatoms. The predicted molar refractivity (Wildman–Crippen MR) is 123 cm³/mol. The van der Waals surface area contributed by atoms with Crippen LogP contribution < -0.4 is 5.73 Å². The van der Waals surface area contributed by atoms with Crippen LogP contribution in [0.1, 0.15) is 30.4 Å². The summed E-state index contributed by atoms with van der Waals surface area (Å²) in [7, 11) is -3.70. The molecule has 3 unspecified atom stereocenters. The van der Waals surface area contributed by atoms with Crippen molar-refractivity contribution >= 4 is 15.8 Å². The van der Waals surface area contributed by atoms with Crippen molar-refractivity contribution in [1.82, 2.24) is 9.21 Å². The third-order valence-electron chi connectivity index (χ3n) is 7.58. The van der Waals surface area contributed by atoms with E-state index in [0.717, 1.165) is 25.1 Å². The van der Waals surface area contributed by atoms with Gasteiger partial charge in [-0.3, -0.25) is 9.69 Å². The molecular weight excluding hydrogens is 422 g/mol. The number of nitrogens with two attached hydrogens (primary N) is 1. The van der Waals surface area contributed by atoms with Crippen LogP contribution in [0.2, 0.25) is 0 Å². The molecule has 4 atom stereocenters. The van der Waals surface area contributed by atoms with Crippen LogP contribution in [0.25, 0.3) is 0 Å². The largest absolute Gasteiger partial charge is 0.327 e. The van der Waals surface area contributed by atoms with E-state index in [-0.39, 0.29) is 28.1 Å². The minimum absolute atomic E-state index is 0.0146. The summed E-state index contributed by atoms with van der Waals surface area (Å²) in [6.45, 7) is 4.56. The van der Waals surface area contributed by atoms with Gasteiger partial charge in [-0.25, -0.2) is 8.42 Å². The Labute approximate surface area is 190 Å². The zero-order valence-corrected chi connectivity index (χ0v) is 19.3. The lowest BCUT2D eigenvalue weighted by Gasteiger charge is -2.27. The SMILES string of the molecule is Cc1ccc(S(=O)(=O)N2CCC[C@@H]2C(=O)C2CN(Cc3ccccc3)CC23CC3N)cc1. The van der Waals surface area contributed by atoms with Crippen molar-refractivity contribution in [3.05, 3.63) is 65.7 Å². The Hall–Kier alpha value is -2.06. The summed E-state index contributed by atoms with van der Waals surface area (Å²) in [6.07, 6.45) is 2.14. The van der Waals surface area contributed by atoms with Gasteiger partial charge in [0.25, 0.3) is 0 Å². The van der Waals surface area contributed by atoms with E-state index < -0.39 is 16.1 Å². The number of benzene rings is 2. The molecule has 2 aliphatic heterocycles. The predicted octanol–water partition coefficient (Wildman–Crippen LogP) is 2.57. The molecule has 0 aromatic heterocycles.